The number of imidazole rings is 1. The van der Waals surface area contributed by atoms with Crippen LogP contribution in [0.2, 0.25) is 0 Å². The van der Waals surface area contributed by atoms with Crippen molar-refractivity contribution in [2.45, 2.75) is 19.6 Å². The molecule has 0 aliphatic heterocycles. The summed E-state index contributed by atoms with van der Waals surface area (Å²) in [6, 6.07) is 7.45. The van der Waals surface area contributed by atoms with Gasteiger partial charge in [0.25, 0.3) is 0 Å². The van der Waals surface area contributed by atoms with Crippen molar-refractivity contribution in [2.24, 2.45) is 7.05 Å². The summed E-state index contributed by atoms with van der Waals surface area (Å²) in [5.74, 6) is 0.788. The van der Waals surface area contributed by atoms with Crippen LogP contribution in [-0.2, 0) is 13.7 Å². The Morgan fingerprint density at radius 2 is 2.06 bits per heavy atom. The molecule has 90 valence electrons. The zero-order chi connectivity index (χ0) is 12.3. The molecule has 0 unspecified atom stereocenters. The number of hydrogen-bond donors (Lipinski definition) is 1. The third-order valence-corrected chi connectivity index (χ3v) is 2.67. The molecule has 2 rings (SSSR count). The molecule has 0 aliphatic carbocycles. The Labute approximate surface area is 100 Å². The van der Waals surface area contributed by atoms with Crippen LogP contribution < -0.4 is 4.74 Å². The summed E-state index contributed by atoms with van der Waals surface area (Å²) >= 11 is 0. The summed E-state index contributed by atoms with van der Waals surface area (Å²) in [4.78, 5) is 4.02. The first-order chi connectivity index (χ1) is 8.16. The van der Waals surface area contributed by atoms with Gasteiger partial charge in [-0.15, -0.1) is 0 Å². The molecule has 1 N–H and O–H groups in total. The van der Waals surface area contributed by atoms with Gasteiger partial charge in [0.15, 0.2) is 0 Å². The van der Waals surface area contributed by atoms with Crippen molar-refractivity contribution in [3.8, 4) is 5.75 Å². The number of rotatable bonds is 4. The van der Waals surface area contributed by atoms with Crippen molar-refractivity contribution in [3.05, 3.63) is 48.0 Å². The quantitative estimate of drug-likeness (QED) is 0.877. The van der Waals surface area contributed by atoms with Gasteiger partial charge in [0, 0.05) is 7.05 Å². The third-order valence-electron chi connectivity index (χ3n) is 2.67. The Balaban J connectivity index is 1.98. The average molecular weight is 232 g/mol. The minimum atomic E-state index is -0.443. The van der Waals surface area contributed by atoms with Crippen molar-refractivity contribution < 1.29 is 9.84 Å². The SMILES string of the molecule is C[C@H](O)c1ccc(OCc2cncn2C)cc1. The van der Waals surface area contributed by atoms with Crippen LogP contribution in [0.5, 0.6) is 5.75 Å². The van der Waals surface area contributed by atoms with E-state index in [4.69, 9.17) is 4.74 Å². The van der Waals surface area contributed by atoms with E-state index < -0.39 is 6.10 Å². The molecule has 1 aromatic carbocycles. The largest absolute Gasteiger partial charge is 0.487 e. The van der Waals surface area contributed by atoms with Gasteiger partial charge in [-0.25, -0.2) is 4.98 Å². The lowest BCUT2D eigenvalue weighted by atomic mass is 10.1. The van der Waals surface area contributed by atoms with Gasteiger partial charge in [0.2, 0.25) is 0 Å². The van der Waals surface area contributed by atoms with Gasteiger partial charge in [-0.3, -0.25) is 0 Å². The zero-order valence-electron chi connectivity index (χ0n) is 10.00. The van der Waals surface area contributed by atoms with Crippen molar-refractivity contribution >= 4 is 0 Å². The number of nitrogens with zero attached hydrogens (tertiary/aromatic N) is 2. The van der Waals surface area contributed by atoms with E-state index in [0.29, 0.717) is 6.61 Å². The molecule has 4 nitrogen and oxygen atoms in total. The molecule has 0 amide bonds. The highest BCUT2D eigenvalue weighted by Gasteiger charge is 2.02. The topological polar surface area (TPSA) is 47.3 Å². The van der Waals surface area contributed by atoms with Crippen LogP contribution in [-0.4, -0.2) is 14.7 Å². The van der Waals surface area contributed by atoms with Gasteiger partial charge in [-0.1, -0.05) is 12.1 Å². The van der Waals surface area contributed by atoms with Gasteiger partial charge in [-0.05, 0) is 24.6 Å². The lowest BCUT2D eigenvalue weighted by molar-refractivity contribution is 0.199. The maximum absolute atomic E-state index is 9.38. The smallest absolute Gasteiger partial charge is 0.130 e. The second-order valence-corrected chi connectivity index (χ2v) is 4.03. The average Bonchev–Trinajstić information content (AvgIpc) is 2.73. The lowest BCUT2D eigenvalue weighted by Crippen LogP contribution is -2.01. The highest BCUT2D eigenvalue weighted by molar-refractivity contribution is 5.28. The van der Waals surface area contributed by atoms with E-state index in [2.05, 4.69) is 4.98 Å². The summed E-state index contributed by atoms with van der Waals surface area (Å²) in [7, 11) is 1.93. The zero-order valence-corrected chi connectivity index (χ0v) is 10.00. The standard InChI is InChI=1S/C13H16N2O2/c1-10(16)11-3-5-13(6-4-11)17-8-12-7-14-9-15(12)2/h3-7,9-10,16H,8H2,1-2H3/t10-/m0/s1. The van der Waals surface area contributed by atoms with E-state index in [9.17, 15) is 5.11 Å². The summed E-state index contributed by atoms with van der Waals surface area (Å²) in [5.41, 5.74) is 1.91. The number of aryl methyl sites for hydroxylation is 1. The minimum absolute atomic E-state index is 0.443. The van der Waals surface area contributed by atoms with Crippen LogP contribution in [0.25, 0.3) is 0 Å². The number of aliphatic hydroxyl groups is 1. The number of benzene rings is 1. The molecule has 0 fully saturated rings. The molecule has 1 aromatic heterocycles. The van der Waals surface area contributed by atoms with E-state index >= 15 is 0 Å². The second kappa shape index (κ2) is 5.01. The van der Waals surface area contributed by atoms with Crippen molar-refractivity contribution in [3.63, 3.8) is 0 Å². The monoisotopic (exact) mass is 232 g/mol. The molecule has 1 heterocycles. The lowest BCUT2D eigenvalue weighted by Gasteiger charge is -2.08. The highest BCUT2D eigenvalue weighted by atomic mass is 16.5. The molecule has 17 heavy (non-hydrogen) atoms. The first-order valence-electron chi connectivity index (χ1n) is 5.53. The minimum Gasteiger partial charge on any atom is -0.487 e. The van der Waals surface area contributed by atoms with Gasteiger partial charge < -0.3 is 14.4 Å². The highest BCUT2D eigenvalue weighted by Crippen LogP contribution is 2.18. The van der Waals surface area contributed by atoms with E-state index in [1.54, 1.807) is 19.4 Å². The fourth-order valence-corrected chi connectivity index (χ4v) is 1.52. The fourth-order valence-electron chi connectivity index (χ4n) is 1.52. The van der Waals surface area contributed by atoms with Crippen LogP contribution in [0.15, 0.2) is 36.8 Å². The Kier molecular flexibility index (Phi) is 3.44. The van der Waals surface area contributed by atoms with Crippen LogP contribution in [0.4, 0.5) is 0 Å². The van der Waals surface area contributed by atoms with E-state index in [0.717, 1.165) is 17.0 Å². The predicted molar refractivity (Wildman–Crippen MR) is 64.6 cm³/mol. The van der Waals surface area contributed by atoms with Crippen molar-refractivity contribution in [1.82, 2.24) is 9.55 Å². The summed E-state index contributed by atoms with van der Waals surface area (Å²) < 4.78 is 7.54. The Hall–Kier alpha value is -1.81. The van der Waals surface area contributed by atoms with Crippen molar-refractivity contribution in [1.29, 1.82) is 0 Å². The molecule has 0 aliphatic rings. The maximum atomic E-state index is 9.38. The number of aromatic nitrogens is 2. The summed E-state index contributed by atoms with van der Waals surface area (Å²) in [5, 5.41) is 9.38. The summed E-state index contributed by atoms with van der Waals surface area (Å²) in [6.07, 6.45) is 3.08. The predicted octanol–water partition coefficient (Wildman–Crippen LogP) is 2.05. The first-order valence-corrected chi connectivity index (χ1v) is 5.53. The molecule has 4 heteroatoms. The normalized spacial score (nSPS) is 12.4. The van der Waals surface area contributed by atoms with E-state index in [1.807, 2.05) is 35.9 Å². The van der Waals surface area contributed by atoms with Gasteiger partial charge in [-0.2, -0.15) is 0 Å². The van der Waals surface area contributed by atoms with Crippen LogP contribution in [0.1, 0.15) is 24.3 Å². The number of ether oxygens (including phenoxy) is 1. The molecule has 0 saturated heterocycles. The molecule has 0 radical (unpaired) electrons. The van der Waals surface area contributed by atoms with Gasteiger partial charge in [0.1, 0.15) is 12.4 Å². The molecule has 0 bridgehead atoms. The second-order valence-electron chi connectivity index (χ2n) is 4.03. The molecule has 1 atom stereocenters. The number of hydrogen-bond acceptors (Lipinski definition) is 3. The van der Waals surface area contributed by atoms with Crippen LogP contribution in [0, 0.1) is 0 Å². The molecular weight excluding hydrogens is 216 g/mol. The molecule has 2 aromatic rings. The Morgan fingerprint density at radius 3 is 2.59 bits per heavy atom. The van der Waals surface area contributed by atoms with Gasteiger partial charge >= 0.3 is 0 Å². The Morgan fingerprint density at radius 1 is 1.35 bits per heavy atom. The van der Waals surface area contributed by atoms with Crippen molar-refractivity contribution in [2.75, 3.05) is 0 Å². The molecule has 0 saturated carbocycles. The van der Waals surface area contributed by atoms with Gasteiger partial charge in [0.05, 0.1) is 24.3 Å². The van der Waals surface area contributed by atoms with Crippen LogP contribution >= 0.6 is 0 Å². The summed E-state index contributed by atoms with van der Waals surface area (Å²) in [6.45, 7) is 2.23. The molecular formula is C13H16N2O2. The first kappa shape index (κ1) is 11.7. The third kappa shape index (κ3) is 2.85. The maximum Gasteiger partial charge on any atom is 0.130 e. The van der Waals surface area contributed by atoms with E-state index in [1.165, 1.54) is 0 Å². The van der Waals surface area contributed by atoms with Crippen LogP contribution in [0.3, 0.4) is 0 Å². The molecule has 0 spiro atoms. The number of aliphatic hydroxyl groups excluding tert-OH is 1. The van der Waals surface area contributed by atoms with E-state index in [-0.39, 0.29) is 0 Å². The fraction of sp³-hybridized carbons (Fsp3) is 0.308. The Bertz CT molecular complexity index is 474.